The minimum atomic E-state index is -0.629. The first-order valence-electron chi connectivity index (χ1n) is 15.0. The lowest BCUT2D eigenvalue weighted by Crippen LogP contribution is -2.40. The van der Waals surface area contributed by atoms with Crippen molar-refractivity contribution in [1.82, 2.24) is 4.98 Å². The number of aryl methyl sites for hydroxylation is 2. The van der Waals surface area contributed by atoms with Crippen LogP contribution in [0.25, 0.3) is 10.9 Å². The van der Waals surface area contributed by atoms with Gasteiger partial charge in [-0.1, -0.05) is 43.7 Å². The minimum absolute atomic E-state index is 0. The number of hydrogen-bond donors (Lipinski definition) is 1. The van der Waals surface area contributed by atoms with Crippen LogP contribution in [-0.4, -0.2) is 29.8 Å². The van der Waals surface area contributed by atoms with Crippen LogP contribution in [0.2, 0.25) is 0 Å². The molecule has 4 aromatic rings. The topological polar surface area (TPSA) is 40.5 Å². The second-order valence-electron chi connectivity index (χ2n) is 11.9. The fourth-order valence-corrected chi connectivity index (χ4v) is 6.03. The summed E-state index contributed by atoms with van der Waals surface area (Å²) in [6, 6.07) is 20.7. The van der Waals surface area contributed by atoms with Gasteiger partial charge in [0.2, 0.25) is 0 Å². The standard InChI is InChI=1S/C36H38F2N4.H2/c1-23(2)39-35(28-20-29(37)22-30(38)21-28)33-13-12-32(18-24(33)3)40-31-14-16-42(17-15-31)36-27(11-10-25-8-9-25)19-26-6-4-5-7-34(26)41-36;/h4-7,12-13,18-22,25,31,40H,1,8-11,14-17H2,2-3H3;1H. The van der Waals surface area contributed by atoms with Crippen LogP contribution >= 0.6 is 0 Å². The van der Waals surface area contributed by atoms with Crippen molar-refractivity contribution in [3.05, 3.63) is 113 Å². The molecule has 2 heterocycles. The normalized spacial score (nSPS) is 16.2. The predicted molar refractivity (Wildman–Crippen MR) is 172 cm³/mol. The van der Waals surface area contributed by atoms with E-state index in [-0.39, 0.29) is 1.43 Å². The molecule has 0 bridgehead atoms. The number of anilines is 2. The first-order chi connectivity index (χ1) is 20.3. The Morgan fingerprint density at radius 3 is 2.43 bits per heavy atom. The van der Waals surface area contributed by atoms with Crippen LogP contribution in [0.15, 0.2) is 84.0 Å². The number of halogens is 2. The number of piperidine rings is 1. The van der Waals surface area contributed by atoms with Gasteiger partial charge in [0, 0.05) is 54.5 Å². The van der Waals surface area contributed by atoms with Crippen LogP contribution < -0.4 is 10.2 Å². The lowest BCUT2D eigenvalue weighted by molar-refractivity contribution is 0.522. The Morgan fingerprint density at radius 2 is 1.74 bits per heavy atom. The second-order valence-corrected chi connectivity index (χ2v) is 11.9. The molecular formula is C36H40F2N4. The van der Waals surface area contributed by atoms with Crippen molar-refractivity contribution in [2.24, 2.45) is 10.9 Å². The molecule has 4 nitrogen and oxygen atoms in total. The highest BCUT2D eigenvalue weighted by Gasteiger charge is 2.25. The summed E-state index contributed by atoms with van der Waals surface area (Å²) in [6.07, 6.45) is 7.14. The van der Waals surface area contributed by atoms with E-state index < -0.39 is 11.6 Å². The van der Waals surface area contributed by atoms with E-state index in [1.165, 1.54) is 42.3 Å². The Hall–Kier alpha value is -4.06. The van der Waals surface area contributed by atoms with Gasteiger partial charge in [-0.15, -0.1) is 0 Å². The highest BCUT2D eigenvalue weighted by Crippen LogP contribution is 2.36. The molecule has 0 atom stereocenters. The molecule has 1 N–H and O–H groups in total. The summed E-state index contributed by atoms with van der Waals surface area (Å²) >= 11 is 0. The zero-order chi connectivity index (χ0) is 29.2. The van der Waals surface area contributed by atoms with Gasteiger partial charge in [-0.2, -0.15) is 0 Å². The molecule has 0 radical (unpaired) electrons. The summed E-state index contributed by atoms with van der Waals surface area (Å²) in [5, 5.41) is 4.95. The molecule has 1 aliphatic heterocycles. The molecule has 2 aliphatic rings. The molecular weight excluding hydrogens is 526 g/mol. The van der Waals surface area contributed by atoms with Gasteiger partial charge in [0.1, 0.15) is 17.5 Å². The van der Waals surface area contributed by atoms with Crippen molar-refractivity contribution >= 4 is 28.1 Å². The van der Waals surface area contributed by atoms with E-state index in [4.69, 9.17) is 4.98 Å². The summed E-state index contributed by atoms with van der Waals surface area (Å²) in [6.45, 7) is 9.58. The number of rotatable bonds is 9. The molecule has 6 heteroatoms. The Kier molecular flexibility index (Phi) is 8.05. The lowest BCUT2D eigenvalue weighted by Gasteiger charge is -2.35. The smallest absolute Gasteiger partial charge is 0.132 e. The monoisotopic (exact) mass is 566 g/mol. The molecule has 0 amide bonds. The summed E-state index contributed by atoms with van der Waals surface area (Å²) in [5.41, 5.74) is 6.75. The average Bonchev–Trinajstić information content (AvgIpc) is 3.79. The van der Waals surface area contributed by atoms with E-state index in [2.05, 4.69) is 58.2 Å². The predicted octanol–water partition coefficient (Wildman–Crippen LogP) is 8.86. The van der Waals surface area contributed by atoms with E-state index in [1.54, 1.807) is 6.92 Å². The molecule has 42 heavy (non-hydrogen) atoms. The Labute approximate surface area is 248 Å². The molecule has 1 saturated carbocycles. The fraction of sp³-hybridized carbons (Fsp3) is 0.333. The largest absolute Gasteiger partial charge is 0.382 e. The maximum atomic E-state index is 14.0. The van der Waals surface area contributed by atoms with Gasteiger partial charge in [-0.3, -0.25) is 4.99 Å². The van der Waals surface area contributed by atoms with Gasteiger partial charge in [0.05, 0.1) is 11.2 Å². The molecule has 1 aromatic heterocycles. The van der Waals surface area contributed by atoms with E-state index in [1.807, 2.05) is 19.1 Å². The third-order valence-corrected chi connectivity index (χ3v) is 8.38. The van der Waals surface area contributed by atoms with Crippen molar-refractivity contribution in [3.8, 4) is 0 Å². The van der Waals surface area contributed by atoms with Gasteiger partial charge < -0.3 is 10.2 Å². The molecule has 1 aliphatic carbocycles. The summed E-state index contributed by atoms with van der Waals surface area (Å²) in [5.74, 6) is 0.796. The second kappa shape index (κ2) is 12.0. The molecule has 3 aromatic carbocycles. The number of benzene rings is 3. The molecule has 2 fully saturated rings. The number of hydrogen-bond acceptors (Lipinski definition) is 4. The number of allylic oxidation sites excluding steroid dienone is 1. The third kappa shape index (κ3) is 6.53. The summed E-state index contributed by atoms with van der Waals surface area (Å²) in [4.78, 5) is 12.2. The van der Waals surface area contributed by atoms with E-state index >= 15 is 0 Å². The van der Waals surface area contributed by atoms with Gasteiger partial charge in [-0.25, -0.2) is 13.8 Å². The highest BCUT2D eigenvalue weighted by molar-refractivity contribution is 6.14. The maximum absolute atomic E-state index is 14.0. The van der Waals surface area contributed by atoms with Gasteiger partial charge >= 0.3 is 0 Å². The van der Waals surface area contributed by atoms with Gasteiger partial charge in [-0.05, 0) is 93.0 Å². The van der Waals surface area contributed by atoms with Crippen molar-refractivity contribution in [2.75, 3.05) is 23.3 Å². The van der Waals surface area contributed by atoms with Crippen molar-refractivity contribution in [1.29, 1.82) is 0 Å². The molecule has 0 spiro atoms. The lowest BCUT2D eigenvalue weighted by atomic mass is 9.96. The van der Waals surface area contributed by atoms with Crippen LogP contribution in [0.3, 0.4) is 0 Å². The molecule has 0 unspecified atom stereocenters. The minimum Gasteiger partial charge on any atom is -0.382 e. The summed E-state index contributed by atoms with van der Waals surface area (Å²) in [7, 11) is 0. The van der Waals surface area contributed by atoms with E-state index in [9.17, 15) is 8.78 Å². The first kappa shape index (κ1) is 28.1. The number of aromatic nitrogens is 1. The van der Waals surface area contributed by atoms with Crippen LogP contribution in [0, 0.1) is 24.5 Å². The number of nitrogens with one attached hydrogen (secondary N) is 1. The van der Waals surface area contributed by atoms with Crippen LogP contribution in [-0.2, 0) is 6.42 Å². The van der Waals surface area contributed by atoms with Crippen LogP contribution in [0.1, 0.15) is 62.7 Å². The third-order valence-electron chi connectivity index (χ3n) is 8.38. The number of fused-ring (bicyclic) bond motifs is 1. The fourth-order valence-electron chi connectivity index (χ4n) is 6.03. The zero-order valence-electron chi connectivity index (χ0n) is 24.5. The quantitative estimate of drug-likeness (QED) is 0.206. The zero-order valence-corrected chi connectivity index (χ0v) is 24.5. The van der Waals surface area contributed by atoms with Crippen LogP contribution in [0.5, 0.6) is 0 Å². The van der Waals surface area contributed by atoms with E-state index in [0.29, 0.717) is 23.0 Å². The average molecular weight is 567 g/mol. The Bertz CT molecular complexity index is 1630. The van der Waals surface area contributed by atoms with Crippen LogP contribution in [0.4, 0.5) is 20.3 Å². The summed E-state index contributed by atoms with van der Waals surface area (Å²) < 4.78 is 28.1. The molecule has 1 saturated heterocycles. The highest BCUT2D eigenvalue weighted by atomic mass is 19.1. The van der Waals surface area contributed by atoms with E-state index in [0.717, 1.165) is 72.5 Å². The molecule has 6 rings (SSSR count). The maximum Gasteiger partial charge on any atom is 0.132 e. The first-order valence-corrected chi connectivity index (χ1v) is 15.0. The van der Waals surface area contributed by atoms with Crippen molar-refractivity contribution in [2.45, 2.75) is 58.4 Å². The molecule has 218 valence electrons. The van der Waals surface area contributed by atoms with Crippen molar-refractivity contribution in [3.63, 3.8) is 0 Å². The number of nitrogens with zero attached hydrogens (tertiary/aromatic N) is 3. The Balaban J connectivity index is 0.00000368. The van der Waals surface area contributed by atoms with Crippen molar-refractivity contribution < 1.29 is 10.2 Å². The van der Waals surface area contributed by atoms with Gasteiger partial charge in [0.25, 0.3) is 0 Å². The number of pyridine rings is 1. The number of aliphatic imine (C=N–C) groups is 1. The Morgan fingerprint density at radius 1 is 1.00 bits per heavy atom. The SMILES string of the molecule is C=C(C)N=C(c1cc(F)cc(F)c1)c1ccc(NC2CCN(c3nc4ccccc4cc3CCC3CC3)CC2)cc1C.[HH]. The van der Waals surface area contributed by atoms with Gasteiger partial charge in [0.15, 0.2) is 0 Å². The number of para-hydroxylation sites is 1.